The molecule has 3 amide bonds. The predicted molar refractivity (Wildman–Crippen MR) is 92.8 cm³/mol. The van der Waals surface area contributed by atoms with Crippen molar-refractivity contribution in [2.45, 2.75) is 63.6 Å². The van der Waals surface area contributed by atoms with Gasteiger partial charge in [-0.2, -0.15) is 5.10 Å². The van der Waals surface area contributed by atoms with Crippen molar-refractivity contribution in [1.29, 1.82) is 0 Å². The van der Waals surface area contributed by atoms with E-state index in [1.54, 1.807) is 0 Å². The van der Waals surface area contributed by atoms with Crippen molar-refractivity contribution in [3.63, 3.8) is 0 Å². The Hall–Kier alpha value is -2.05. The molecular weight excluding hydrogens is 318 g/mol. The Kier molecular flexibility index (Phi) is 4.63. The molecule has 7 heteroatoms. The number of nitrogens with zero attached hydrogens (tertiary/aromatic N) is 3. The Bertz CT molecular complexity index is 633. The van der Waals surface area contributed by atoms with Crippen LogP contribution in [0.25, 0.3) is 0 Å². The van der Waals surface area contributed by atoms with E-state index in [1.807, 2.05) is 21.8 Å². The lowest BCUT2D eigenvalue weighted by Crippen LogP contribution is -2.38. The molecular formula is C18H27N5O2. The Labute approximate surface area is 148 Å². The molecule has 0 radical (unpaired) electrons. The summed E-state index contributed by atoms with van der Waals surface area (Å²) in [6, 6.07) is 2.79. The quantitative estimate of drug-likeness (QED) is 0.825. The SMILES string of the molecule is O=C(NCc1ccn(C2CCCC2)n1)NC[C@H]1CC(=O)N(C2CC2)C1. The monoisotopic (exact) mass is 345 g/mol. The summed E-state index contributed by atoms with van der Waals surface area (Å²) >= 11 is 0. The fraction of sp³-hybridized carbons (Fsp3) is 0.722. The van der Waals surface area contributed by atoms with E-state index in [0.29, 0.717) is 31.6 Å². The first-order chi connectivity index (χ1) is 12.2. The van der Waals surface area contributed by atoms with Gasteiger partial charge in [0, 0.05) is 37.7 Å². The van der Waals surface area contributed by atoms with Crippen molar-refractivity contribution < 1.29 is 9.59 Å². The molecule has 25 heavy (non-hydrogen) atoms. The summed E-state index contributed by atoms with van der Waals surface area (Å²) in [5.74, 6) is 0.479. The smallest absolute Gasteiger partial charge is 0.315 e. The average molecular weight is 345 g/mol. The van der Waals surface area contributed by atoms with Crippen LogP contribution in [0.5, 0.6) is 0 Å². The number of carbonyl (C=O) groups excluding carboxylic acids is 2. The maximum atomic E-state index is 12.0. The van der Waals surface area contributed by atoms with Crippen molar-refractivity contribution in [2.24, 2.45) is 5.92 Å². The van der Waals surface area contributed by atoms with Crippen molar-refractivity contribution in [3.8, 4) is 0 Å². The van der Waals surface area contributed by atoms with Crippen LogP contribution in [0.1, 0.15) is 56.7 Å². The van der Waals surface area contributed by atoms with Gasteiger partial charge in [-0.25, -0.2) is 4.79 Å². The van der Waals surface area contributed by atoms with Crippen molar-refractivity contribution in [3.05, 3.63) is 18.0 Å². The van der Waals surface area contributed by atoms with Crippen LogP contribution in [0.2, 0.25) is 0 Å². The van der Waals surface area contributed by atoms with E-state index >= 15 is 0 Å². The number of hydrogen-bond donors (Lipinski definition) is 2. The molecule has 2 N–H and O–H groups in total. The number of hydrogen-bond acceptors (Lipinski definition) is 3. The predicted octanol–water partition coefficient (Wildman–Crippen LogP) is 1.81. The van der Waals surface area contributed by atoms with E-state index in [-0.39, 0.29) is 17.9 Å². The van der Waals surface area contributed by atoms with Crippen LogP contribution in [0.4, 0.5) is 4.79 Å². The zero-order chi connectivity index (χ0) is 17.2. The Morgan fingerprint density at radius 3 is 2.72 bits per heavy atom. The summed E-state index contributed by atoms with van der Waals surface area (Å²) in [4.78, 5) is 25.9. The zero-order valence-electron chi connectivity index (χ0n) is 14.6. The van der Waals surface area contributed by atoms with Crippen LogP contribution < -0.4 is 10.6 Å². The van der Waals surface area contributed by atoms with Crippen LogP contribution in [-0.4, -0.2) is 45.8 Å². The minimum absolute atomic E-state index is 0.187. The number of likely N-dealkylation sites (tertiary alicyclic amines) is 1. The first-order valence-corrected chi connectivity index (χ1v) is 9.54. The Balaban J connectivity index is 1.17. The summed E-state index contributed by atoms with van der Waals surface area (Å²) in [7, 11) is 0. The number of carbonyl (C=O) groups is 2. The van der Waals surface area contributed by atoms with Gasteiger partial charge < -0.3 is 15.5 Å². The first kappa shape index (κ1) is 16.4. The maximum absolute atomic E-state index is 12.0. The molecule has 4 rings (SSSR count). The highest BCUT2D eigenvalue weighted by Crippen LogP contribution is 2.32. The highest BCUT2D eigenvalue weighted by Gasteiger charge is 2.39. The van der Waals surface area contributed by atoms with Gasteiger partial charge in [-0.05, 0) is 31.7 Å². The largest absolute Gasteiger partial charge is 0.339 e. The normalized spacial score (nSPS) is 24.1. The molecule has 2 heterocycles. The van der Waals surface area contributed by atoms with Gasteiger partial charge in [-0.1, -0.05) is 12.8 Å². The summed E-state index contributed by atoms with van der Waals surface area (Å²) in [6.07, 6.45) is 9.81. The molecule has 1 aromatic rings. The second kappa shape index (κ2) is 7.06. The van der Waals surface area contributed by atoms with Crippen LogP contribution in [0, 0.1) is 5.92 Å². The summed E-state index contributed by atoms with van der Waals surface area (Å²) in [5, 5.41) is 10.3. The van der Waals surface area contributed by atoms with Crippen LogP contribution in [-0.2, 0) is 11.3 Å². The molecule has 0 unspecified atom stereocenters. The molecule has 3 aliphatic rings. The third-order valence-electron chi connectivity index (χ3n) is 5.57. The van der Waals surface area contributed by atoms with Crippen molar-refractivity contribution in [2.75, 3.05) is 13.1 Å². The summed E-state index contributed by atoms with van der Waals surface area (Å²) < 4.78 is 2.04. The van der Waals surface area contributed by atoms with Gasteiger partial charge in [0.2, 0.25) is 5.91 Å². The molecule has 0 bridgehead atoms. The molecule has 2 aliphatic carbocycles. The number of aromatic nitrogens is 2. The minimum atomic E-state index is -0.187. The van der Waals surface area contributed by atoms with Crippen molar-refractivity contribution >= 4 is 11.9 Å². The second-order valence-electron chi connectivity index (χ2n) is 7.64. The lowest BCUT2D eigenvalue weighted by Gasteiger charge is -2.15. The van der Waals surface area contributed by atoms with Gasteiger partial charge in [0.1, 0.15) is 0 Å². The average Bonchev–Trinajstić information content (AvgIpc) is 3.03. The van der Waals surface area contributed by atoms with Gasteiger partial charge in [-0.15, -0.1) is 0 Å². The Morgan fingerprint density at radius 2 is 1.96 bits per heavy atom. The zero-order valence-corrected chi connectivity index (χ0v) is 14.6. The maximum Gasteiger partial charge on any atom is 0.315 e. The van der Waals surface area contributed by atoms with E-state index < -0.39 is 0 Å². The molecule has 1 atom stereocenters. The minimum Gasteiger partial charge on any atom is -0.339 e. The molecule has 1 aliphatic heterocycles. The fourth-order valence-electron chi connectivity index (χ4n) is 4.00. The first-order valence-electron chi connectivity index (χ1n) is 9.54. The van der Waals surface area contributed by atoms with Crippen LogP contribution in [0.15, 0.2) is 12.3 Å². The third kappa shape index (κ3) is 3.96. The Morgan fingerprint density at radius 1 is 1.16 bits per heavy atom. The number of nitrogens with one attached hydrogen (secondary N) is 2. The molecule has 1 aromatic heterocycles. The van der Waals surface area contributed by atoms with Gasteiger partial charge in [-0.3, -0.25) is 9.48 Å². The molecule has 0 spiro atoms. The molecule has 136 valence electrons. The van der Waals surface area contributed by atoms with E-state index in [0.717, 1.165) is 25.1 Å². The highest BCUT2D eigenvalue weighted by atomic mass is 16.2. The highest BCUT2D eigenvalue weighted by molar-refractivity contribution is 5.79. The number of urea groups is 1. The standard InChI is InChI=1S/C18H27N5O2/c24-17-9-13(12-22(17)15-5-6-15)10-19-18(25)20-11-14-7-8-23(21-14)16-3-1-2-4-16/h7-8,13,15-16H,1-6,9-12H2,(H2,19,20,25)/t13-/m1/s1. The van der Waals surface area contributed by atoms with E-state index in [4.69, 9.17) is 0 Å². The van der Waals surface area contributed by atoms with Crippen LogP contribution >= 0.6 is 0 Å². The fourth-order valence-corrected chi connectivity index (χ4v) is 4.00. The third-order valence-corrected chi connectivity index (χ3v) is 5.57. The van der Waals surface area contributed by atoms with Gasteiger partial charge >= 0.3 is 6.03 Å². The van der Waals surface area contributed by atoms with E-state index in [9.17, 15) is 9.59 Å². The second-order valence-corrected chi connectivity index (χ2v) is 7.64. The summed E-state index contributed by atoms with van der Waals surface area (Å²) in [6.45, 7) is 1.77. The molecule has 2 saturated carbocycles. The molecule has 7 nitrogen and oxygen atoms in total. The number of rotatable bonds is 6. The van der Waals surface area contributed by atoms with Crippen LogP contribution in [0.3, 0.4) is 0 Å². The molecule has 1 saturated heterocycles. The summed E-state index contributed by atoms with van der Waals surface area (Å²) in [5.41, 5.74) is 0.887. The van der Waals surface area contributed by atoms with E-state index in [1.165, 1.54) is 25.7 Å². The lowest BCUT2D eigenvalue weighted by molar-refractivity contribution is -0.128. The topological polar surface area (TPSA) is 79.3 Å². The lowest BCUT2D eigenvalue weighted by atomic mass is 10.1. The molecule has 3 fully saturated rings. The van der Waals surface area contributed by atoms with Crippen molar-refractivity contribution in [1.82, 2.24) is 25.3 Å². The van der Waals surface area contributed by atoms with Gasteiger partial charge in [0.05, 0.1) is 18.3 Å². The number of amides is 3. The molecule has 0 aromatic carbocycles. The van der Waals surface area contributed by atoms with E-state index in [2.05, 4.69) is 15.7 Å². The van der Waals surface area contributed by atoms with Gasteiger partial charge in [0.25, 0.3) is 0 Å². The van der Waals surface area contributed by atoms with Gasteiger partial charge in [0.15, 0.2) is 0 Å².